The smallest absolute Gasteiger partial charge is 0.224 e. The second-order valence-corrected chi connectivity index (χ2v) is 3.46. The van der Waals surface area contributed by atoms with E-state index >= 15 is 0 Å². The number of fused-ring (bicyclic) bond motifs is 1. The van der Waals surface area contributed by atoms with E-state index in [4.69, 9.17) is 4.74 Å². The molecule has 1 aromatic carbocycles. The molecule has 1 heterocycles. The van der Waals surface area contributed by atoms with Crippen LogP contribution in [0.15, 0.2) is 29.0 Å². The van der Waals surface area contributed by atoms with Crippen molar-refractivity contribution in [3.63, 3.8) is 0 Å². The van der Waals surface area contributed by atoms with Gasteiger partial charge in [0.2, 0.25) is 5.88 Å². The van der Waals surface area contributed by atoms with Gasteiger partial charge in [0.15, 0.2) is 0 Å². The van der Waals surface area contributed by atoms with Gasteiger partial charge in [-0.25, -0.2) is 9.97 Å². The number of rotatable bonds is 1. The lowest BCUT2D eigenvalue weighted by Gasteiger charge is -2.02. The van der Waals surface area contributed by atoms with Gasteiger partial charge in [0, 0.05) is 4.47 Å². The summed E-state index contributed by atoms with van der Waals surface area (Å²) in [4.78, 5) is 8.14. The first-order valence-electron chi connectivity index (χ1n) is 3.75. The average Bonchev–Trinajstić information content (AvgIpc) is 2.16. The molecule has 66 valence electrons. The minimum absolute atomic E-state index is 0.609. The number of hydrogen-bond acceptors (Lipinski definition) is 3. The molecule has 0 aliphatic rings. The van der Waals surface area contributed by atoms with E-state index < -0.39 is 0 Å². The monoisotopic (exact) mass is 238 g/mol. The Morgan fingerprint density at radius 1 is 1.31 bits per heavy atom. The molecule has 0 radical (unpaired) electrons. The molecule has 0 fully saturated rings. The lowest BCUT2D eigenvalue weighted by atomic mass is 10.2. The van der Waals surface area contributed by atoms with E-state index in [1.165, 1.54) is 6.33 Å². The fourth-order valence-electron chi connectivity index (χ4n) is 1.17. The first-order valence-corrected chi connectivity index (χ1v) is 4.55. The molecule has 0 aliphatic carbocycles. The molecule has 4 heteroatoms. The summed E-state index contributed by atoms with van der Waals surface area (Å²) in [5, 5.41) is 0.924. The Morgan fingerprint density at radius 2 is 2.15 bits per heavy atom. The second kappa shape index (κ2) is 3.30. The number of methoxy groups -OCH3 is 1. The van der Waals surface area contributed by atoms with Gasteiger partial charge >= 0.3 is 0 Å². The van der Waals surface area contributed by atoms with Crippen LogP contribution >= 0.6 is 15.9 Å². The maximum Gasteiger partial charge on any atom is 0.224 e. The molecule has 0 saturated carbocycles. The Hall–Kier alpha value is -1.16. The molecule has 0 N–H and O–H groups in total. The maximum absolute atomic E-state index is 5.10. The molecular formula is C9H7BrN2O. The van der Waals surface area contributed by atoms with Gasteiger partial charge in [0.05, 0.1) is 18.0 Å². The van der Waals surface area contributed by atoms with Crippen LogP contribution in [0.25, 0.3) is 10.9 Å². The fourth-order valence-corrected chi connectivity index (χ4v) is 1.52. The predicted molar refractivity (Wildman–Crippen MR) is 53.8 cm³/mol. The molecule has 0 unspecified atom stereocenters. The summed E-state index contributed by atoms with van der Waals surface area (Å²) in [5.41, 5.74) is 0.876. The molecule has 2 aromatic rings. The third-order valence-corrected chi connectivity index (χ3v) is 2.25. The normalized spacial score (nSPS) is 10.3. The van der Waals surface area contributed by atoms with E-state index in [2.05, 4.69) is 25.9 Å². The van der Waals surface area contributed by atoms with Gasteiger partial charge in [-0.2, -0.15) is 0 Å². The number of benzene rings is 1. The van der Waals surface area contributed by atoms with Crippen LogP contribution in [-0.2, 0) is 0 Å². The number of halogens is 1. The molecule has 0 spiro atoms. The van der Waals surface area contributed by atoms with Gasteiger partial charge in [-0.1, -0.05) is 15.9 Å². The molecule has 0 amide bonds. The molecular weight excluding hydrogens is 232 g/mol. The van der Waals surface area contributed by atoms with Crippen molar-refractivity contribution < 1.29 is 4.74 Å². The topological polar surface area (TPSA) is 35.0 Å². The van der Waals surface area contributed by atoms with Gasteiger partial charge in [0.1, 0.15) is 6.33 Å². The van der Waals surface area contributed by atoms with Crippen LogP contribution in [0.1, 0.15) is 0 Å². The van der Waals surface area contributed by atoms with Gasteiger partial charge in [0.25, 0.3) is 0 Å². The minimum Gasteiger partial charge on any atom is -0.480 e. The maximum atomic E-state index is 5.10. The van der Waals surface area contributed by atoms with Crippen LogP contribution in [0.5, 0.6) is 5.88 Å². The highest BCUT2D eigenvalue weighted by Crippen LogP contribution is 2.23. The summed E-state index contributed by atoms with van der Waals surface area (Å²) in [6, 6.07) is 5.80. The molecule has 2 rings (SSSR count). The minimum atomic E-state index is 0.609. The third kappa shape index (κ3) is 1.49. The van der Waals surface area contributed by atoms with Gasteiger partial charge < -0.3 is 4.74 Å². The summed E-state index contributed by atoms with van der Waals surface area (Å²) in [6.07, 6.45) is 1.49. The SMILES string of the molecule is COc1ncnc2cc(Br)ccc12. The van der Waals surface area contributed by atoms with Crippen molar-refractivity contribution in [1.29, 1.82) is 0 Å². The molecule has 0 saturated heterocycles. The van der Waals surface area contributed by atoms with Crippen LogP contribution in [0.3, 0.4) is 0 Å². The van der Waals surface area contributed by atoms with Gasteiger partial charge in [-0.05, 0) is 18.2 Å². The van der Waals surface area contributed by atoms with Crippen molar-refractivity contribution in [1.82, 2.24) is 9.97 Å². The lowest BCUT2D eigenvalue weighted by Crippen LogP contribution is -1.90. The summed E-state index contributed by atoms with van der Waals surface area (Å²) in [5.74, 6) is 0.609. The van der Waals surface area contributed by atoms with E-state index in [9.17, 15) is 0 Å². The van der Waals surface area contributed by atoms with Crippen molar-refractivity contribution in [2.24, 2.45) is 0 Å². The van der Waals surface area contributed by atoms with Crippen molar-refractivity contribution >= 4 is 26.8 Å². The van der Waals surface area contributed by atoms with Gasteiger partial charge in [-0.15, -0.1) is 0 Å². The largest absolute Gasteiger partial charge is 0.480 e. The van der Waals surface area contributed by atoms with Crippen molar-refractivity contribution in [3.8, 4) is 5.88 Å². The summed E-state index contributed by atoms with van der Waals surface area (Å²) >= 11 is 3.38. The van der Waals surface area contributed by atoms with Crippen LogP contribution in [0.2, 0.25) is 0 Å². The van der Waals surface area contributed by atoms with E-state index in [1.54, 1.807) is 7.11 Å². The summed E-state index contributed by atoms with van der Waals surface area (Å²) in [7, 11) is 1.60. The van der Waals surface area contributed by atoms with Crippen LogP contribution in [0.4, 0.5) is 0 Å². The third-order valence-electron chi connectivity index (χ3n) is 1.76. The summed E-state index contributed by atoms with van der Waals surface area (Å²) in [6.45, 7) is 0. The van der Waals surface area contributed by atoms with E-state index in [0.29, 0.717) is 5.88 Å². The quantitative estimate of drug-likeness (QED) is 0.766. The van der Waals surface area contributed by atoms with E-state index in [0.717, 1.165) is 15.4 Å². The fraction of sp³-hybridized carbons (Fsp3) is 0.111. The zero-order valence-electron chi connectivity index (χ0n) is 6.99. The standard InChI is InChI=1S/C9H7BrN2O/c1-13-9-7-3-2-6(10)4-8(7)11-5-12-9/h2-5H,1H3. The van der Waals surface area contributed by atoms with Gasteiger partial charge in [-0.3, -0.25) is 0 Å². The Morgan fingerprint density at radius 3 is 2.92 bits per heavy atom. The molecule has 0 atom stereocenters. The molecule has 13 heavy (non-hydrogen) atoms. The summed E-state index contributed by atoms with van der Waals surface area (Å²) < 4.78 is 6.10. The van der Waals surface area contributed by atoms with Crippen LogP contribution in [0, 0.1) is 0 Å². The first kappa shape index (κ1) is 8.44. The molecule has 3 nitrogen and oxygen atoms in total. The predicted octanol–water partition coefficient (Wildman–Crippen LogP) is 2.40. The Kier molecular flexibility index (Phi) is 2.14. The van der Waals surface area contributed by atoms with Crippen LogP contribution < -0.4 is 4.74 Å². The first-order chi connectivity index (χ1) is 6.31. The Bertz CT molecular complexity index is 445. The zero-order chi connectivity index (χ0) is 9.26. The molecule has 0 bridgehead atoms. The van der Waals surface area contributed by atoms with Crippen molar-refractivity contribution in [2.45, 2.75) is 0 Å². The zero-order valence-corrected chi connectivity index (χ0v) is 8.58. The van der Waals surface area contributed by atoms with E-state index in [-0.39, 0.29) is 0 Å². The Balaban J connectivity index is 2.77. The van der Waals surface area contributed by atoms with Crippen molar-refractivity contribution in [3.05, 3.63) is 29.0 Å². The average molecular weight is 239 g/mol. The van der Waals surface area contributed by atoms with Crippen molar-refractivity contribution in [2.75, 3.05) is 7.11 Å². The van der Waals surface area contributed by atoms with E-state index in [1.807, 2.05) is 18.2 Å². The number of aromatic nitrogens is 2. The molecule has 1 aromatic heterocycles. The lowest BCUT2D eigenvalue weighted by molar-refractivity contribution is 0.402. The number of hydrogen-bond donors (Lipinski definition) is 0. The highest BCUT2D eigenvalue weighted by molar-refractivity contribution is 9.10. The molecule has 0 aliphatic heterocycles. The number of ether oxygens (including phenoxy) is 1. The Labute approximate surface area is 83.9 Å². The van der Waals surface area contributed by atoms with Crippen LogP contribution in [-0.4, -0.2) is 17.1 Å². The second-order valence-electron chi connectivity index (χ2n) is 2.54. The highest BCUT2D eigenvalue weighted by atomic mass is 79.9. The number of nitrogens with zero attached hydrogens (tertiary/aromatic N) is 2. The highest BCUT2D eigenvalue weighted by Gasteiger charge is 2.02.